The summed E-state index contributed by atoms with van der Waals surface area (Å²) in [5, 5.41) is 27.0. The van der Waals surface area contributed by atoms with Crippen molar-refractivity contribution in [2.45, 2.75) is 6.54 Å². The summed E-state index contributed by atoms with van der Waals surface area (Å²) in [6.07, 6.45) is 1.79. The van der Waals surface area contributed by atoms with Gasteiger partial charge in [0.25, 0.3) is 0 Å². The number of nitrogens with one attached hydrogen (secondary N) is 1. The number of nitro benzene ring substituents is 1. The lowest BCUT2D eigenvalue weighted by Crippen LogP contribution is -2.05. The van der Waals surface area contributed by atoms with Crippen LogP contribution in [0.15, 0.2) is 30.5 Å². The van der Waals surface area contributed by atoms with Gasteiger partial charge in [-0.15, -0.1) is 0 Å². The standard InChI is InChI=1S/C12H11N5O2/c1-16-6-5-10(15-16)8-14-11-4-2-3-9(7-13)12(11)17(18)19/h2-6,14H,8H2,1H3. The number of anilines is 1. The summed E-state index contributed by atoms with van der Waals surface area (Å²) in [7, 11) is 1.79. The Hall–Kier alpha value is -2.88. The number of nitriles is 1. The molecule has 0 aliphatic rings. The second-order valence-corrected chi connectivity index (χ2v) is 3.90. The van der Waals surface area contributed by atoms with Crippen molar-refractivity contribution >= 4 is 11.4 Å². The molecular formula is C12H11N5O2. The SMILES string of the molecule is Cn1ccc(CNc2cccc(C#N)c2[N+](=O)[O-])n1. The van der Waals surface area contributed by atoms with Crippen LogP contribution in [0.4, 0.5) is 11.4 Å². The number of hydrogen-bond acceptors (Lipinski definition) is 5. The number of benzene rings is 1. The van der Waals surface area contributed by atoms with Gasteiger partial charge in [-0.2, -0.15) is 10.4 Å². The Morgan fingerprint density at radius 2 is 2.32 bits per heavy atom. The normalized spacial score (nSPS) is 9.89. The fraction of sp³-hybridized carbons (Fsp3) is 0.167. The summed E-state index contributed by atoms with van der Waals surface area (Å²) in [5.41, 5.74) is 0.908. The first kappa shape index (κ1) is 12.6. The van der Waals surface area contributed by atoms with Gasteiger partial charge >= 0.3 is 5.69 Å². The molecule has 1 heterocycles. The van der Waals surface area contributed by atoms with Gasteiger partial charge in [-0.25, -0.2) is 0 Å². The quantitative estimate of drug-likeness (QED) is 0.665. The van der Waals surface area contributed by atoms with E-state index in [-0.39, 0.29) is 11.3 Å². The first-order valence-corrected chi connectivity index (χ1v) is 5.51. The number of aromatic nitrogens is 2. The monoisotopic (exact) mass is 257 g/mol. The first-order valence-electron chi connectivity index (χ1n) is 5.51. The zero-order valence-corrected chi connectivity index (χ0v) is 10.2. The molecule has 0 unspecified atom stereocenters. The van der Waals surface area contributed by atoms with Crippen LogP contribution in [0.1, 0.15) is 11.3 Å². The highest BCUT2D eigenvalue weighted by Crippen LogP contribution is 2.28. The summed E-state index contributed by atoms with van der Waals surface area (Å²) in [6, 6.07) is 8.23. The van der Waals surface area contributed by atoms with E-state index < -0.39 is 4.92 Å². The molecular weight excluding hydrogens is 246 g/mol. The Kier molecular flexibility index (Phi) is 3.43. The molecule has 0 fully saturated rings. The van der Waals surface area contributed by atoms with Crippen molar-refractivity contribution in [1.82, 2.24) is 9.78 Å². The molecule has 0 saturated heterocycles. The summed E-state index contributed by atoms with van der Waals surface area (Å²) in [4.78, 5) is 10.5. The number of rotatable bonds is 4. The van der Waals surface area contributed by atoms with Crippen LogP contribution in [0.3, 0.4) is 0 Å². The van der Waals surface area contributed by atoms with Crippen molar-refractivity contribution in [2.75, 3.05) is 5.32 Å². The zero-order chi connectivity index (χ0) is 13.8. The van der Waals surface area contributed by atoms with Gasteiger partial charge in [0.15, 0.2) is 0 Å². The highest BCUT2D eigenvalue weighted by molar-refractivity contribution is 5.68. The minimum atomic E-state index is -0.556. The van der Waals surface area contributed by atoms with Crippen LogP contribution in [0.2, 0.25) is 0 Å². The Balaban J connectivity index is 2.25. The van der Waals surface area contributed by atoms with E-state index in [2.05, 4.69) is 10.4 Å². The lowest BCUT2D eigenvalue weighted by Gasteiger charge is -2.06. The number of hydrogen-bond donors (Lipinski definition) is 1. The largest absolute Gasteiger partial charge is 0.374 e. The minimum Gasteiger partial charge on any atom is -0.374 e. The Morgan fingerprint density at radius 3 is 2.89 bits per heavy atom. The van der Waals surface area contributed by atoms with Gasteiger partial charge < -0.3 is 5.32 Å². The molecule has 19 heavy (non-hydrogen) atoms. The van der Waals surface area contributed by atoms with Gasteiger partial charge in [-0.05, 0) is 18.2 Å². The fourth-order valence-electron chi connectivity index (χ4n) is 1.72. The molecule has 0 saturated carbocycles. The highest BCUT2D eigenvalue weighted by atomic mass is 16.6. The van der Waals surface area contributed by atoms with Crippen molar-refractivity contribution < 1.29 is 4.92 Å². The zero-order valence-electron chi connectivity index (χ0n) is 10.2. The van der Waals surface area contributed by atoms with E-state index >= 15 is 0 Å². The van der Waals surface area contributed by atoms with Gasteiger partial charge in [-0.3, -0.25) is 14.8 Å². The predicted molar refractivity (Wildman–Crippen MR) is 68.3 cm³/mol. The molecule has 0 atom stereocenters. The first-order chi connectivity index (χ1) is 9.11. The molecule has 0 bridgehead atoms. The molecule has 1 N–H and O–H groups in total. The molecule has 1 aromatic carbocycles. The van der Waals surface area contributed by atoms with Gasteiger partial charge in [0, 0.05) is 13.2 Å². The highest BCUT2D eigenvalue weighted by Gasteiger charge is 2.19. The van der Waals surface area contributed by atoms with Crippen LogP contribution in [0.25, 0.3) is 0 Å². The summed E-state index contributed by atoms with van der Waals surface area (Å²) in [6.45, 7) is 0.358. The lowest BCUT2D eigenvalue weighted by atomic mass is 10.1. The van der Waals surface area contributed by atoms with Crippen LogP contribution in [-0.2, 0) is 13.6 Å². The van der Waals surface area contributed by atoms with Crippen LogP contribution in [0.5, 0.6) is 0 Å². The van der Waals surface area contributed by atoms with Crippen molar-refractivity contribution in [1.29, 1.82) is 5.26 Å². The molecule has 7 nitrogen and oxygen atoms in total. The van der Waals surface area contributed by atoms with E-state index in [9.17, 15) is 10.1 Å². The van der Waals surface area contributed by atoms with Crippen molar-refractivity contribution in [2.24, 2.45) is 7.05 Å². The number of nitro groups is 1. The summed E-state index contributed by atoms with van der Waals surface area (Å²) >= 11 is 0. The molecule has 2 rings (SSSR count). The third kappa shape index (κ3) is 2.69. The Labute approximate surface area is 109 Å². The van der Waals surface area contributed by atoms with Crippen molar-refractivity contribution in [3.8, 4) is 6.07 Å². The molecule has 7 heteroatoms. The molecule has 2 aromatic rings. The topological polar surface area (TPSA) is 96.8 Å². The Bertz CT molecular complexity index is 656. The van der Waals surface area contributed by atoms with E-state index in [0.29, 0.717) is 12.2 Å². The second kappa shape index (κ2) is 5.18. The third-order valence-corrected chi connectivity index (χ3v) is 2.57. The average Bonchev–Trinajstić information content (AvgIpc) is 2.81. The van der Waals surface area contributed by atoms with Crippen LogP contribution < -0.4 is 5.32 Å². The van der Waals surface area contributed by atoms with Crippen molar-refractivity contribution in [3.05, 3.63) is 51.8 Å². The third-order valence-electron chi connectivity index (χ3n) is 2.57. The Morgan fingerprint density at radius 1 is 1.53 bits per heavy atom. The molecule has 0 aliphatic heterocycles. The second-order valence-electron chi connectivity index (χ2n) is 3.90. The molecule has 0 spiro atoms. The number of para-hydroxylation sites is 1. The number of aryl methyl sites for hydroxylation is 1. The maximum atomic E-state index is 11.0. The van der Waals surface area contributed by atoms with E-state index in [0.717, 1.165) is 5.69 Å². The van der Waals surface area contributed by atoms with Gasteiger partial charge in [0.1, 0.15) is 17.3 Å². The van der Waals surface area contributed by atoms with E-state index in [1.807, 2.05) is 12.1 Å². The van der Waals surface area contributed by atoms with Crippen LogP contribution >= 0.6 is 0 Å². The van der Waals surface area contributed by atoms with Gasteiger partial charge in [0.2, 0.25) is 0 Å². The fourth-order valence-corrected chi connectivity index (χ4v) is 1.72. The molecule has 1 aromatic heterocycles. The average molecular weight is 257 g/mol. The maximum absolute atomic E-state index is 11.0. The molecule has 0 aliphatic carbocycles. The molecule has 96 valence electrons. The van der Waals surface area contributed by atoms with Gasteiger partial charge in [-0.1, -0.05) is 6.07 Å². The molecule has 0 radical (unpaired) electrons. The summed E-state index contributed by atoms with van der Waals surface area (Å²) in [5.74, 6) is 0. The van der Waals surface area contributed by atoms with E-state index in [4.69, 9.17) is 5.26 Å². The van der Waals surface area contributed by atoms with Gasteiger partial charge in [0.05, 0.1) is 17.2 Å². The van der Waals surface area contributed by atoms with E-state index in [1.165, 1.54) is 6.07 Å². The minimum absolute atomic E-state index is 0.0380. The number of nitrogens with zero attached hydrogens (tertiary/aromatic N) is 4. The van der Waals surface area contributed by atoms with Crippen LogP contribution in [-0.4, -0.2) is 14.7 Å². The predicted octanol–water partition coefficient (Wildman–Crippen LogP) is 1.81. The summed E-state index contributed by atoms with van der Waals surface area (Å²) < 4.78 is 1.65. The van der Waals surface area contributed by atoms with Crippen molar-refractivity contribution in [3.63, 3.8) is 0 Å². The maximum Gasteiger partial charge on any atom is 0.309 e. The molecule has 0 amide bonds. The lowest BCUT2D eigenvalue weighted by molar-refractivity contribution is -0.384. The van der Waals surface area contributed by atoms with E-state index in [1.54, 1.807) is 30.1 Å². The van der Waals surface area contributed by atoms with Crippen LogP contribution in [0, 0.1) is 21.4 Å². The smallest absolute Gasteiger partial charge is 0.309 e.